The molecule has 0 radical (unpaired) electrons. The molecule has 2 atom stereocenters. The van der Waals surface area contributed by atoms with E-state index in [4.69, 9.17) is 4.52 Å². The van der Waals surface area contributed by atoms with Crippen LogP contribution in [0.3, 0.4) is 0 Å². The van der Waals surface area contributed by atoms with Crippen LogP contribution in [0.25, 0.3) is 17.0 Å². The van der Waals surface area contributed by atoms with Crippen molar-refractivity contribution >= 4 is 17.2 Å². The van der Waals surface area contributed by atoms with E-state index in [0.29, 0.717) is 46.6 Å². The molecular weight excluding hydrogens is 425 g/mol. The molecule has 2 fully saturated rings. The summed E-state index contributed by atoms with van der Waals surface area (Å²) in [6, 6.07) is 9.43. The van der Waals surface area contributed by atoms with Crippen LogP contribution < -0.4 is 5.32 Å². The first-order valence-corrected chi connectivity index (χ1v) is 11.0. The zero-order valence-electron chi connectivity index (χ0n) is 17.9. The second-order valence-corrected chi connectivity index (χ2v) is 8.95. The smallest absolute Gasteiger partial charge is 0.274 e. The summed E-state index contributed by atoms with van der Waals surface area (Å²) in [6.07, 6.45) is 4.20. The third kappa shape index (κ3) is 3.58. The molecule has 2 aliphatic carbocycles. The molecule has 2 N–H and O–H groups in total. The molecule has 6 rings (SSSR count). The van der Waals surface area contributed by atoms with Gasteiger partial charge in [-0.15, -0.1) is 0 Å². The first kappa shape index (κ1) is 20.0. The maximum absolute atomic E-state index is 13.3. The quantitative estimate of drug-likeness (QED) is 0.479. The summed E-state index contributed by atoms with van der Waals surface area (Å²) in [5.74, 6) is 0.418. The number of aliphatic hydroxyl groups is 1. The van der Waals surface area contributed by atoms with Gasteiger partial charge in [-0.05, 0) is 61.4 Å². The summed E-state index contributed by atoms with van der Waals surface area (Å²) < 4.78 is 20.2. The van der Waals surface area contributed by atoms with Gasteiger partial charge in [-0.25, -0.2) is 9.37 Å². The number of nitrogens with one attached hydrogen (secondary N) is 1. The first-order valence-electron chi connectivity index (χ1n) is 11.0. The van der Waals surface area contributed by atoms with Crippen molar-refractivity contribution in [3.05, 3.63) is 65.4 Å². The lowest BCUT2D eigenvalue weighted by atomic mass is 9.78. The number of aromatic nitrogens is 4. The molecule has 168 valence electrons. The maximum atomic E-state index is 13.3. The van der Waals surface area contributed by atoms with E-state index in [0.717, 1.165) is 24.0 Å². The Bertz CT molecular complexity index is 1370. The highest BCUT2D eigenvalue weighted by molar-refractivity contribution is 6.04. The second-order valence-electron chi connectivity index (χ2n) is 8.95. The number of nitrogens with zero attached hydrogens (tertiary/aromatic N) is 4. The van der Waals surface area contributed by atoms with Gasteiger partial charge in [0.15, 0.2) is 0 Å². The van der Waals surface area contributed by atoms with Crippen LogP contribution in [0.4, 0.5) is 10.1 Å². The van der Waals surface area contributed by atoms with E-state index in [1.807, 2.05) is 37.4 Å². The standard InChI is InChI=1S/C24H22FN5O3/c1-12-2-3-14(22-28-24(33-29-22)17-10-18(17)25)8-19(12)27-23(32)20-11-26-21-9-13(4-5-30(20)21)15-6-16(31)7-15/h2-5,8-9,11,15-18,31H,6-7,10H2,1H3,(H,27,32)/t15?,16?,17-,18-/m0/s1. The Morgan fingerprint density at radius 1 is 1.24 bits per heavy atom. The molecular formula is C24H22FN5O3. The van der Waals surface area contributed by atoms with Crippen molar-refractivity contribution in [1.29, 1.82) is 0 Å². The summed E-state index contributed by atoms with van der Waals surface area (Å²) >= 11 is 0. The van der Waals surface area contributed by atoms with Crippen molar-refractivity contribution < 1.29 is 18.8 Å². The van der Waals surface area contributed by atoms with E-state index in [2.05, 4.69) is 20.4 Å². The third-order valence-corrected chi connectivity index (χ3v) is 6.57. The van der Waals surface area contributed by atoms with Crippen LogP contribution in [0.5, 0.6) is 0 Å². The summed E-state index contributed by atoms with van der Waals surface area (Å²) in [7, 11) is 0. The zero-order valence-corrected chi connectivity index (χ0v) is 17.9. The Labute approximate surface area is 188 Å². The van der Waals surface area contributed by atoms with Crippen molar-refractivity contribution in [2.24, 2.45) is 0 Å². The first-order chi connectivity index (χ1) is 16.0. The molecule has 0 unspecified atom stereocenters. The SMILES string of the molecule is Cc1ccc(-c2noc([C@H]3C[C@@H]3F)n2)cc1NC(=O)c1cnc2cc(C3CC(O)C3)ccn12. The molecule has 4 aromatic rings. The van der Waals surface area contributed by atoms with Crippen LogP contribution in [0.2, 0.25) is 0 Å². The molecule has 9 heteroatoms. The highest BCUT2D eigenvalue weighted by Gasteiger charge is 2.43. The molecule has 33 heavy (non-hydrogen) atoms. The molecule has 8 nitrogen and oxygen atoms in total. The van der Waals surface area contributed by atoms with Crippen LogP contribution in [0, 0.1) is 6.92 Å². The number of anilines is 1. The Morgan fingerprint density at radius 3 is 2.82 bits per heavy atom. The number of hydrogen-bond acceptors (Lipinski definition) is 6. The number of rotatable bonds is 5. The number of pyridine rings is 1. The molecule has 3 heterocycles. The van der Waals surface area contributed by atoms with E-state index in [1.54, 1.807) is 16.7 Å². The number of halogens is 1. The third-order valence-electron chi connectivity index (χ3n) is 6.57. The highest BCUT2D eigenvalue weighted by Crippen LogP contribution is 2.43. The normalized spacial score (nSPS) is 24.0. The number of hydrogen-bond donors (Lipinski definition) is 2. The van der Waals surface area contributed by atoms with Crippen LogP contribution in [0.1, 0.15) is 58.6 Å². The van der Waals surface area contributed by atoms with Gasteiger partial charge in [0.25, 0.3) is 5.91 Å². The maximum Gasteiger partial charge on any atom is 0.274 e. The van der Waals surface area contributed by atoms with Crippen molar-refractivity contribution in [2.45, 2.75) is 50.3 Å². The highest BCUT2D eigenvalue weighted by atomic mass is 19.1. The number of aliphatic hydroxyl groups excluding tert-OH is 1. The fourth-order valence-electron chi connectivity index (χ4n) is 4.28. The van der Waals surface area contributed by atoms with Crippen molar-refractivity contribution in [3.63, 3.8) is 0 Å². The topological polar surface area (TPSA) is 106 Å². The van der Waals surface area contributed by atoms with Crippen molar-refractivity contribution in [1.82, 2.24) is 19.5 Å². The number of fused-ring (bicyclic) bond motifs is 1. The molecule has 0 bridgehead atoms. The summed E-state index contributed by atoms with van der Waals surface area (Å²) in [5, 5.41) is 16.5. The van der Waals surface area contributed by atoms with Gasteiger partial charge in [0.2, 0.25) is 11.7 Å². The van der Waals surface area contributed by atoms with Crippen LogP contribution in [-0.4, -0.2) is 42.8 Å². The predicted molar refractivity (Wildman–Crippen MR) is 118 cm³/mol. The molecule has 0 saturated heterocycles. The van der Waals surface area contributed by atoms with Gasteiger partial charge in [-0.3, -0.25) is 9.20 Å². The van der Waals surface area contributed by atoms with Gasteiger partial charge < -0.3 is 14.9 Å². The number of aryl methyl sites for hydroxylation is 1. The van der Waals surface area contributed by atoms with Gasteiger partial charge >= 0.3 is 0 Å². The minimum absolute atomic E-state index is 0.223. The number of alkyl halides is 1. The van der Waals surface area contributed by atoms with Crippen LogP contribution in [-0.2, 0) is 0 Å². The second kappa shape index (κ2) is 7.48. The van der Waals surface area contributed by atoms with Gasteiger partial charge in [0.05, 0.1) is 18.2 Å². The number of benzene rings is 1. The van der Waals surface area contributed by atoms with Crippen LogP contribution >= 0.6 is 0 Å². The van der Waals surface area contributed by atoms with Crippen molar-refractivity contribution in [2.75, 3.05) is 5.32 Å². The number of imidazole rings is 1. The van der Waals surface area contributed by atoms with Gasteiger partial charge in [-0.2, -0.15) is 4.98 Å². The fraction of sp³-hybridized carbons (Fsp3) is 0.333. The van der Waals surface area contributed by atoms with E-state index in [1.165, 1.54) is 0 Å². The largest absolute Gasteiger partial charge is 0.393 e. The molecule has 3 aromatic heterocycles. The lowest BCUT2D eigenvalue weighted by Crippen LogP contribution is -2.26. The Hall–Kier alpha value is -3.59. The molecule has 0 aliphatic heterocycles. The molecule has 2 aliphatic rings. The zero-order chi connectivity index (χ0) is 22.7. The number of carbonyl (C=O) groups is 1. The number of carbonyl (C=O) groups excluding carboxylic acids is 1. The van der Waals surface area contributed by atoms with E-state index in [-0.39, 0.29) is 17.9 Å². The average molecular weight is 447 g/mol. The average Bonchev–Trinajstić information content (AvgIpc) is 3.17. The summed E-state index contributed by atoms with van der Waals surface area (Å²) in [6.45, 7) is 1.90. The lowest BCUT2D eigenvalue weighted by Gasteiger charge is -2.31. The van der Waals surface area contributed by atoms with Crippen LogP contribution in [0.15, 0.2) is 47.2 Å². The van der Waals surface area contributed by atoms with Gasteiger partial charge in [0, 0.05) is 17.4 Å². The predicted octanol–water partition coefficient (Wildman–Crippen LogP) is 4.01. The van der Waals surface area contributed by atoms with Crippen molar-refractivity contribution in [3.8, 4) is 11.4 Å². The van der Waals surface area contributed by atoms with E-state index < -0.39 is 6.17 Å². The summed E-state index contributed by atoms with van der Waals surface area (Å²) in [5.41, 5.74) is 4.40. The number of amides is 1. The van der Waals surface area contributed by atoms with E-state index >= 15 is 0 Å². The Kier molecular flexibility index (Phi) is 4.55. The van der Waals surface area contributed by atoms with E-state index in [9.17, 15) is 14.3 Å². The fourth-order valence-corrected chi connectivity index (χ4v) is 4.28. The molecule has 2 saturated carbocycles. The molecule has 1 aromatic carbocycles. The van der Waals surface area contributed by atoms with Gasteiger partial charge in [0.1, 0.15) is 17.5 Å². The molecule has 0 spiro atoms. The van der Waals surface area contributed by atoms with Gasteiger partial charge in [-0.1, -0.05) is 17.3 Å². The minimum atomic E-state index is -0.909. The minimum Gasteiger partial charge on any atom is -0.393 e. The summed E-state index contributed by atoms with van der Waals surface area (Å²) in [4.78, 5) is 21.8. The molecule has 1 amide bonds. The lowest BCUT2D eigenvalue weighted by molar-refractivity contribution is 0.0746. The monoisotopic (exact) mass is 447 g/mol. The Balaban J connectivity index is 1.23. The Morgan fingerprint density at radius 2 is 2.06 bits per heavy atom.